The Morgan fingerprint density at radius 3 is 2.48 bits per heavy atom. The van der Waals surface area contributed by atoms with Gasteiger partial charge in [0.15, 0.2) is 0 Å². The maximum atomic E-state index is 15.1. The van der Waals surface area contributed by atoms with Gasteiger partial charge in [0, 0.05) is 24.6 Å². The van der Waals surface area contributed by atoms with Crippen LogP contribution in [0.2, 0.25) is 0 Å². The van der Waals surface area contributed by atoms with Gasteiger partial charge < -0.3 is 10.1 Å². The maximum Gasteiger partial charge on any atom is 0.240 e. The van der Waals surface area contributed by atoms with Crippen LogP contribution >= 0.6 is 0 Å². The quantitative estimate of drug-likeness (QED) is 0.433. The number of likely N-dealkylation sites (N-methyl/N-ethyl adjacent to an activating group) is 1. The molecule has 2 saturated carbocycles. The highest BCUT2D eigenvalue weighted by Gasteiger charge is 2.40. The van der Waals surface area contributed by atoms with Crippen molar-refractivity contribution in [3.63, 3.8) is 0 Å². The van der Waals surface area contributed by atoms with E-state index in [0.717, 1.165) is 50.5 Å². The molecule has 0 bridgehead atoms. The summed E-state index contributed by atoms with van der Waals surface area (Å²) in [6.07, 6.45) is 5.69. The van der Waals surface area contributed by atoms with Crippen molar-refractivity contribution >= 4 is 21.8 Å². The lowest BCUT2D eigenvalue weighted by Gasteiger charge is -2.22. The van der Waals surface area contributed by atoms with Crippen LogP contribution in [0.5, 0.6) is 5.75 Å². The summed E-state index contributed by atoms with van der Waals surface area (Å²) < 4.78 is 47.0. The van der Waals surface area contributed by atoms with Gasteiger partial charge in [-0.05, 0) is 92.3 Å². The lowest BCUT2D eigenvalue weighted by atomic mass is 9.90. The third kappa shape index (κ3) is 6.97. The lowest BCUT2D eigenvalue weighted by Crippen LogP contribution is -2.45. The standard InChI is InChI=1S/C32H42FN3O5S/c1-19(30(37)35-42(5,39)40)21-11-14-28(25(15-21)24-7-6-8-26(33)29(24)20-9-10-20)41-23-13-12-22(16-23)34-31(38)27-17-32(2,3)18-36(27)4/h6-8,11,14-15,19-20,22-23,27H,9-10,12-13,16-18H2,1-5H3,(H,34,38)(H,35,37)/t19-,22+,23+,27-/m0/s1. The van der Waals surface area contributed by atoms with Crippen LogP contribution in [0.4, 0.5) is 4.39 Å². The van der Waals surface area contributed by atoms with Crippen LogP contribution in [0.1, 0.15) is 82.3 Å². The predicted molar refractivity (Wildman–Crippen MR) is 160 cm³/mol. The molecule has 42 heavy (non-hydrogen) atoms. The molecule has 2 aromatic carbocycles. The Kier molecular flexibility index (Phi) is 8.42. The summed E-state index contributed by atoms with van der Waals surface area (Å²) in [4.78, 5) is 27.9. The molecule has 0 radical (unpaired) electrons. The van der Waals surface area contributed by atoms with Crippen molar-refractivity contribution in [3.8, 4) is 16.9 Å². The first-order valence-corrected chi connectivity index (χ1v) is 16.7. The first-order chi connectivity index (χ1) is 19.7. The minimum absolute atomic E-state index is 0.0123. The Morgan fingerprint density at radius 1 is 1.10 bits per heavy atom. The highest BCUT2D eigenvalue weighted by Crippen LogP contribution is 2.48. The van der Waals surface area contributed by atoms with Crippen LogP contribution in [0.15, 0.2) is 36.4 Å². The van der Waals surface area contributed by atoms with Gasteiger partial charge in [-0.25, -0.2) is 12.8 Å². The fourth-order valence-electron chi connectivity index (χ4n) is 6.59. The molecule has 1 aliphatic heterocycles. The van der Waals surface area contributed by atoms with Crippen molar-refractivity contribution in [1.29, 1.82) is 0 Å². The molecule has 1 heterocycles. The minimum atomic E-state index is -3.71. The third-order valence-electron chi connectivity index (χ3n) is 8.79. The topological polar surface area (TPSA) is 105 Å². The van der Waals surface area contributed by atoms with Gasteiger partial charge in [0.05, 0.1) is 18.2 Å². The van der Waals surface area contributed by atoms with Gasteiger partial charge in [0.2, 0.25) is 21.8 Å². The monoisotopic (exact) mass is 599 g/mol. The number of sulfonamides is 1. The summed E-state index contributed by atoms with van der Waals surface area (Å²) in [5, 5.41) is 3.24. The Hall–Kier alpha value is -2.98. The van der Waals surface area contributed by atoms with Gasteiger partial charge in [0.25, 0.3) is 0 Å². The number of ether oxygens (including phenoxy) is 1. The SMILES string of the molecule is C[C@H](C(=O)NS(C)(=O)=O)c1ccc(O[C@@H]2CC[C@@H](NC(=O)[C@@H]3CC(C)(C)CN3C)C2)c(-c2cccc(F)c2C2CC2)c1. The molecule has 1 saturated heterocycles. The number of rotatable bonds is 9. The molecule has 2 amide bonds. The van der Waals surface area contributed by atoms with Gasteiger partial charge in [-0.15, -0.1) is 0 Å². The molecule has 3 aliphatic rings. The summed E-state index contributed by atoms with van der Waals surface area (Å²) in [6, 6.07) is 10.3. The zero-order valence-corrected chi connectivity index (χ0v) is 25.9. The van der Waals surface area contributed by atoms with Crippen molar-refractivity contribution in [1.82, 2.24) is 14.9 Å². The van der Waals surface area contributed by atoms with E-state index in [1.54, 1.807) is 25.1 Å². The normalized spacial score (nSPS) is 24.8. The Labute approximate surface area is 248 Å². The van der Waals surface area contributed by atoms with E-state index in [2.05, 4.69) is 28.8 Å². The van der Waals surface area contributed by atoms with Gasteiger partial charge in [0.1, 0.15) is 17.7 Å². The molecule has 2 N–H and O–H groups in total. The minimum Gasteiger partial charge on any atom is -0.490 e. The van der Waals surface area contributed by atoms with Crippen LogP contribution in [-0.2, 0) is 19.6 Å². The second-order valence-electron chi connectivity index (χ2n) is 13.2. The number of amides is 2. The Balaban J connectivity index is 1.37. The second kappa shape index (κ2) is 11.6. The number of hydrogen-bond acceptors (Lipinski definition) is 6. The molecule has 8 nitrogen and oxygen atoms in total. The van der Waals surface area contributed by atoms with Gasteiger partial charge in [-0.3, -0.25) is 19.2 Å². The van der Waals surface area contributed by atoms with Crippen molar-refractivity contribution in [3.05, 3.63) is 53.3 Å². The van der Waals surface area contributed by atoms with E-state index >= 15 is 4.39 Å². The van der Waals surface area contributed by atoms with Crippen molar-refractivity contribution in [2.75, 3.05) is 19.8 Å². The predicted octanol–water partition coefficient (Wildman–Crippen LogP) is 4.70. The molecule has 228 valence electrons. The summed E-state index contributed by atoms with van der Waals surface area (Å²) in [7, 11) is -1.71. The summed E-state index contributed by atoms with van der Waals surface area (Å²) in [5.41, 5.74) is 2.76. The summed E-state index contributed by atoms with van der Waals surface area (Å²) in [6.45, 7) is 6.90. The first kappa shape index (κ1) is 30.5. The smallest absolute Gasteiger partial charge is 0.240 e. The van der Waals surface area contributed by atoms with E-state index in [1.807, 2.05) is 19.2 Å². The largest absolute Gasteiger partial charge is 0.490 e. The third-order valence-corrected chi connectivity index (χ3v) is 9.37. The van der Waals surface area contributed by atoms with Crippen LogP contribution in [-0.4, -0.2) is 63.2 Å². The summed E-state index contributed by atoms with van der Waals surface area (Å²) in [5.74, 6) is -0.879. The van der Waals surface area contributed by atoms with Crippen LogP contribution in [0, 0.1) is 11.2 Å². The Bertz CT molecular complexity index is 1470. The van der Waals surface area contributed by atoms with Crippen molar-refractivity contribution in [2.24, 2.45) is 5.41 Å². The molecule has 10 heteroatoms. The average Bonchev–Trinajstić information content (AvgIpc) is 3.57. The number of benzene rings is 2. The number of carbonyl (C=O) groups excluding carboxylic acids is 2. The number of carbonyl (C=O) groups is 2. The zero-order valence-electron chi connectivity index (χ0n) is 25.1. The van der Waals surface area contributed by atoms with E-state index in [-0.39, 0.29) is 41.2 Å². The number of hydrogen-bond donors (Lipinski definition) is 2. The average molecular weight is 600 g/mol. The highest BCUT2D eigenvalue weighted by molar-refractivity contribution is 7.89. The molecular weight excluding hydrogens is 557 g/mol. The van der Waals surface area contributed by atoms with Crippen LogP contribution in [0.25, 0.3) is 11.1 Å². The van der Waals surface area contributed by atoms with Crippen molar-refractivity contribution in [2.45, 2.75) is 89.3 Å². The highest BCUT2D eigenvalue weighted by atomic mass is 32.2. The number of nitrogens with zero attached hydrogens (tertiary/aromatic N) is 1. The second-order valence-corrected chi connectivity index (χ2v) is 15.0. The van der Waals surface area contributed by atoms with Gasteiger partial charge in [-0.2, -0.15) is 0 Å². The molecule has 3 fully saturated rings. The molecule has 0 spiro atoms. The number of halogens is 1. The van der Waals surface area contributed by atoms with E-state index in [9.17, 15) is 18.0 Å². The zero-order chi connectivity index (χ0) is 30.4. The molecule has 5 rings (SSSR count). The van der Waals surface area contributed by atoms with Gasteiger partial charge in [-0.1, -0.05) is 32.0 Å². The van der Waals surface area contributed by atoms with E-state index in [0.29, 0.717) is 28.9 Å². The molecular formula is C32H42FN3O5S. The lowest BCUT2D eigenvalue weighted by molar-refractivity contribution is -0.125. The summed E-state index contributed by atoms with van der Waals surface area (Å²) >= 11 is 0. The van der Waals surface area contributed by atoms with Gasteiger partial charge >= 0.3 is 0 Å². The fraction of sp³-hybridized carbons (Fsp3) is 0.562. The Morgan fingerprint density at radius 2 is 1.83 bits per heavy atom. The number of likely N-dealkylation sites (tertiary alicyclic amines) is 1. The molecule has 0 unspecified atom stereocenters. The molecule has 0 aromatic heterocycles. The van der Waals surface area contributed by atoms with E-state index < -0.39 is 21.8 Å². The molecule has 2 aliphatic carbocycles. The van der Waals surface area contributed by atoms with E-state index in [1.165, 1.54) is 6.07 Å². The first-order valence-electron chi connectivity index (χ1n) is 14.8. The van der Waals surface area contributed by atoms with Crippen LogP contribution in [0.3, 0.4) is 0 Å². The molecule has 4 atom stereocenters. The maximum absolute atomic E-state index is 15.1. The van der Waals surface area contributed by atoms with Crippen LogP contribution < -0.4 is 14.8 Å². The van der Waals surface area contributed by atoms with E-state index in [4.69, 9.17) is 4.74 Å². The fourth-order valence-corrected chi connectivity index (χ4v) is 7.13. The van der Waals surface area contributed by atoms with Crippen molar-refractivity contribution < 1.29 is 27.1 Å². The molecule has 2 aromatic rings. The number of nitrogens with one attached hydrogen (secondary N) is 2.